The van der Waals surface area contributed by atoms with Crippen molar-refractivity contribution in [2.75, 3.05) is 13.1 Å². The fourth-order valence-corrected chi connectivity index (χ4v) is 3.62. The maximum absolute atomic E-state index is 13.3. The van der Waals surface area contributed by atoms with Crippen LogP contribution in [0.15, 0.2) is 36.7 Å². The van der Waals surface area contributed by atoms with Gasteiger partial charge in [-0.25, -0.2) is 13.8 Å². The number of likely N-dealkylation sites (tertiary alicyclic amines) is 1. The summed E-state index contributed by atoms with van der Waals surface area (Å²) >= 11 is 0. The van der Waals surface area contributed by atoms with Gasteiger partial charge in [-0.1, -0.05) is 17.3 Å². The van der Waals surface area contributed by atoms with Gasteiger partial charge >= 0.3 is 0 Å². The molecular formula is C18H21FN8O. The van der Waals surface area contributed by atoms with Gasteiger partial charge in [0.05, 0.1) is 12.2 Å². The lowest BCUT2D eigenvalue weighted by atomic mass is 10.0. The molecule has 1 fully saturated rings. The van der Waals surface area contributed by atoms with E-state index in [0.717, 1.165) is 18.4 Å². The smallest absolute Gasteiger partial charge is 0.247 e. The number of benzene rings is 1. The third-order valence-electron chi connectivity index (χ3n) is 5.17. The van der Waals surface area contributed by atoms with Crippen molar-refractivity contribution in [2.24, 2.45) is 0 Å². The highest BCUT2D eigenvalue weighted by Gasteiger charge is 2.31. The van der Waals surface area contributed by atoms with Crippen LogP contribution in [0.3, 0.4) is 0 Å². The van der Waals surface area contributed by atoms with E-state index in [0.29, 0.717) is 25.3 Å². The number of amides is 1. The van der Waals surface area contributed by atoms with Crippen LogP contribution in [0, 0.1) is 12.7 Å². The first-order valence-corrected chi connectivity index (χ1v) is 9.25. The summed E-state index contributed by atoms with van der Waals surface area (Å²) in [7, 11) is 0. The van der Waals surface area contributed by atoms with Gasteiger partial charge in [-0.3, -0.25) is 4.79 Å². The maximum Gasteiger partial charge on any atom is 0.247 e. The quantitative estimate of drug-likeness (QED) is 0.659. The highest BCUT2D eigenvalue weighted by Crippen LogP contribution is 2.25. The Kier molecular flexibility index (Phi) is 5.09. The van der Waals surface area contributed by atoms with Crippen LogP contribution in [0.2, 0.25) is 0 Å². The molecule has 3 heterocycles. The van der Waals surface area contributed by atoms with Crippen LogP contribution in [0.5, 0.6) is 0 Å². The molecule has 0 aliphatic carbocycles. The van der Waals surface area contributed by atoms with Crippen molar-refractivity contribution in [3.05, 3.63) is 53.9 Å². The van der Waals surface area contributed by atoms with E-state index in [4.69, 9.17) is 0 Å². The summed E-state index contributed by atoms with van der Waals surface area (Å²) in [6.07, 6.45) is 5.54. The molecule has 1 aromatic carbocycles. The van der Waals surface area contributed by atoms with Crippen LogP contribution in [-0.4, -0.2) is 59.1 Å². The molecular weight excluding hydrogens is 363 g/mol. The summed E-state index contributed by atoms with van der Waals surface area (Å²) in [5, 5.41) is 19.5. The number of carbonyl (C=O) groups is 1. The van der Waals surface area contributed by atoms with E-state index >= 15 is 0 Å². The monoisotopic (exact) mass is 384 g/mol. The van der Waals surface area contributed by atoms with Crippen LogP contribution in [0.1, 0.15) is 36.3 Å². The average Bonchev–Trinajstić information content (AvgIpc) is 3.39. The first-order valence-electron chi connectivity index (χ1n) is 9.25. The largest absolute Gasteiger partial charge is 0.341 e. The van der Waals surface area contributed by atoms with Crippen LogP contribution >= 0.6 is 0 Å². The molecule has 1 aliphatic heterocycles. The van der Waals surface area contributed by atoms with Crippen LogP contribution in [0.25, 0.3) is 0 Å². The summed E-state index contributed by atoms with van der Waals surface area (Å²) < 4.78 is 16.6. The van der Waals surface area contributed by atoms with Gasteiger partial charge in [0, 0.05) is 25.7 Å². The molecule has 0 N–H and O–H groups in total. The van der Waals surface area contributed by atoms with Gasteiger partial charge in [0.15, 0.2) is 0 Å². The molecule has 1 aliphatic rings. The molecule has 0 bridgehead atoms. The summed E-state index contributed by atoms with van der Waals surface area (Å²) in [4.78, 5) is 15.2. The van der Waals surface area contributed by atoms with Crippen molar-refractivity contribution < 1.29 is 9.18 Å². The standard InChI is InChI=1S/C18H21FN8O/c1-13-21-22-24-27(13)17(12-14-2-4-15(19)5-3-14)18(28)25-9-6-16(7-10-25)26-11-8-20-23-26/h2-5,8,11,16-17H,6-7,9-10,12H2,1H3/t17-/m0/s1. The van der Waals surface area contributed by atoms with Crippen molar-refractivity contribution in [3.8, 4) is 0 Å². The average molecular weight is 384 g/mol. The van der Waals surface area contributed by atoms with Gasteiger partial charge < -0.3 is 4.90 Å². The minimum absolute atomic E-state index is 0.0308. The Morgan fingerprint density at radius 3 is 2.57 bits per heavy atom. The number of carbonyl (C=O) groups excluding carboxylic acids is 1. The van der Waals surface area contributed by atoms with Crippen molar-refractivity contribution in [1.29, 1.82) is 0 Å². The number of hydrogen-bond donors (Lipinski definition) is 0. The Morgan fingerprint density at radius 1 is 1.21 bits per heavy atom. The molecule has 10 heteroatoms. The van der Waals surface area contributed by atoms with Crippen molar-refractivity contribution in [2.45, 2.75) is 38.3 Å². The van der Waals surface area contributed by atoms with Gasteiger partial charge in [-0.15, -0.1) is 10.2 Å². The lowest BCUT2D eigenvalue weighted by molar-refractivity contribution is -0.136. The van der Waals surface area contributed by atoms with E-state index in [1.807, 2.05) is 15.8 Å². The normalized spacial score (nSPS) is 16.3. The van der Waals surface area contributed by atoms with Crippen molar-refractivity contribution in [1.82, 2.24) is 40.1 Å². The number of aryl methyl sites for hydroxylation is 1. The molecule has 2 aromatic heterocycles. The molecule has 146 valence electrons. The molecule has 3 aromatic rings. The SMILES string of the molecule is Cc1nnnn1[C@@H](Cc1ccc(F)cc1)C(=O)N1CCC(n2ccnn2)CC1. The Labute approximate surface area is 161 Å². The zero-order valence-electron chi connectivity index (χ0n) is 15.5. The van der Waals surface area contributed by atoms with E-state index in [1.54, 1.807) is 29.9 Å². The predicted molar refractivity (Wildman–Crippen MR) is 96.6 cm³/mol. The Morgan fingerprint density at radius 2 is 1.96 bits per heavy atom. The van der Waals surface area contributed by atoms with Gasteiger partial charge in [0.2, 0.25) is 5.91 Å². The summed E-state index contributed by atoms with van der Waals surface area (Å²) in [5.74, 6) is 0.232. The lowest BCUT2D eigenvalue weighted by Crippen LogP contribution is -2.44. The maximum atomic E-state index is 13.3. The van der Waals surface area contributed by atoms with Gasteiger partial charge in [0.25, 0.3) is 0 Å². The first kappa shape index (κ1) is 18.2. The van der Waals surface area contributed by atoms with Crippen molar-refractivity contribution >= 4 is 5.91 Å². The topological polar surface area (TPSA) is 94.6 Å². The summed E-state index contributed by atoms with van der Waals surface area (Å²) in [6, 6.07) is 5.85. The number of piperidine rings is 1. The second kappa shape index (κ2) is 7.83. The Hall–Kier alpha value is -3.17. The van der Waals surface area contributed by atoms with Crippen molar-refractivity contribution in [3.63, 3.8) is 0 Å². The van der Waals surface area contributed by atoms with Crippen LogP contribution in [0.4, 0.5) is 4.39 Å². The number of rotatable bonds is 5. The zero-order chi connectivity index (χ0) is 19.5. The Balaban J connectivity index is 1.50. The molecule has 9 nitrogen and oxygen atoms in total. The number of tetrazole rings is 1. The molecule has 0 unspecified atom stereocenters. The van der Waals surface area contributed by atoms with Gasteiger partial charge in [-0.05, 0) is 47.9 Å². The minimum Gasteiger partial charge on any atom is -0.341 e. The minimum atomic E-state index is -0.566. The number of hydrogen-bond acceptors (Lipinski definition) is 6. The fraction of sp³-hybridized carbons (Fsp3) is 0.444. The summed E-state index contributed by atoms with van der Waals surface area (Å²) in [5.41, 5.74) is 0.854. The van der Waals surface area contributed by atoms with E-state index in [-0.39, 0.29) is 17.8 Å². The van der Waals surface area contributed by atoms with E-state index in [9.17, 15) is 9.18 Å². The summed E-state index contributed by atoms with van der Waals surface area (Å²) in [6.45, 7) is 3.02. The molecule has 0 spiro atoms. The highest BCUT2D eigenvalue weighted by molar-refractivity contribution is 5.80. The third-order valence-corrected chi connectivity index (χ3v) is 5.17. The molecule has 1 atom stereocenters. The second-order valence-electron chi connectivity index (χ2n) is 6.96. The highest BCUT2D eigenvalue weighted by atomic mass is 19.1. The van der Waals surface area contributed by atoms with E-state index < -0.39 is 6.04 Å². The predicted octanol–water partition coefficient (Wildman–Crippen LogP) is 1.36. The first-order chi connectivity index (χ1) is 13.6. The third kappa shape index (κ3) is 3.75. The van der Waals surface area contributed by atoms with E-state index in [1.165, 1.54) is 12.1 Å². The molecule has 0 saturated carbocycles. The van der Waals surface area contributed by atoms with Crippen LogP contribution in [-0.2, 0) is 11.2 Å². The van der Waals surface area contributed by atoms with Gasteiger partial charge in [-0.2, -0.15) is 0 Å². The molecule has 1 saturated heterocycles. The molecule has 28 heavy (non-hydrogen) atoms. The number of aromatic nitrogens is 7. The fourth-order valence-electron chi connectivity index (χ4n) is 3.62. The van der Waals surface area contributed by atoms with Gasteiger partial charge in [0.1, 0.15) is 17.7 Å². The lowest BCUT2D eigenvalue weighted by Gasteiger charge is -2.34. The Bertz CT molecular complexity index is 915. The molecule has 1 amide bonds. The molecule has 4 rings (SSSR count). The van der Waals surface area contributed by atoms with Crippen LogP contribution < -0.4 is 0 Å². The number of halogens is 1. The number of nitrogens with zero attached hydrogens (tertiary/aromatic N) is 8. The zero-order valence-corrected chi connectivity index (χ0v) is 15.5. The molecule has 0 radical (unpaired) electrons. The van der Waals surface area contributed by atoms with E-state index in [2.05, 4.69) is 25.8 Å². The second-order valence-corrected chi connectivity index (χ2v) is 6.96.